The zero-order chi connectivity index (χ0) is 12.7. The van der Waals surface area contributed by atoms with Crippen molar-refractivity contribution in [2.24, 2.45) is 0 Å². The van der Waals surface area contributed by atoms with Gasteiger partial charge in [-0.15, -0.1) is 11.3 Å². The van der Waals surface area contributed by atoms with E-state index in [1.165, 1.54) is 5.56 Å². The van der Waals surface area contributed by atoms with E-state index in [0.717, 1.165) is 36.4 Å². The summed E-state index contributed by atoms with van der Waals surface area (Å²) in [4.78, 5) is 9.14. The van der Waals surface area contributed by atoms with Crippen LogP contribution in [0.5, 0.6) is 0 Å². The number of H-pyrrole nitrogens is 1. The van der Waals surface area contributed by atoms with Crippen molar-refractivity contribution in [3.8, 4) is 10.7 Å². The number of benzene rings is 1. The lowest BCUT2D eigenvalue weighted by Crippen LogP contribution is -1.78. The van der Waals surface area contributed by atoms with Gasteiger partial charge < -0.3 is 4.98 Å². The zero-order valence-electron chi connectivity index (χ0n) is 9.63. The summed E-state index contributed by atoms with van der Waals surface area (Å²) in [6.07, 6.45) is 1.04. The summed E-state index contributed by atoms with van der Waals surface area (Å²) in [5.74, 6) is 0.926. The van der Waals surface area contributed by atoms with Crippen LogP contribution in [0.4, 0.5) is 0 Å². The number of aryl methyl sites for hydroxylation is 1. The topological polar surface area (TPSA) is 28.7 Å². The first-order valence-electron chi connectivity index (χ1n) is 5.61. The summed E-state index contributed by atoms with van der Waals surface area (Å²) in [7, 11) is 0. The molecule has 2 nitrogen and oxygen atoms in total. The Morgan fingerprint density at radius 3 is 2.78 bits per heavy atom. The summed E-state index contributed by atoms with van der Waals surface area (Å²) in [6.45, 7) is 2.16. The van der Waals surface area contributed by atoms with Gasteiger partial charge in [-0.2, -0.15) is 0 Å². The second-order valence-corrected chi connectivity index (χ2v) is 7.25. The van der Waals surface area contributed by atoms with E-state index in [-0.39, 0.29) is 0 Å². The minimum absolute atomic E-state index is 0.926. The summed E-state index contributed by atoms with van der Waals surface area (Å²) in [6, 6.07) is 8.45. The molecule has 0 unspecified atom stereocenters. The maximum absolute atomic E-state index is 4.63. The molecule has 0 spiro atoms. The van der Waals surface area contributed by atoms with Crippen molar-refractivity contribution in [2.75, 3.05) is 0 Å². The molecule has 0 bridgehead atoms. The number of nitrogens with one attached hydrogen (secondary N) is 1. The Morgan fingerprint density at radius 1 is 1.28 bits per heavy atom. The number of hydrogen-bond acceptors (Lipinski definition) is 2. The van der Waals surface area contributed by atoms with Gasteiger partial charge in [0, 0.05) is 4.47 Å². The number of fused-ring (bicyclic) bond motifs is 1. The fraction of sp³-hybridized carbons (Fsp3) is 0.154. The second kappa shape index (κ2) is 4.79. The molecule has 0 saturated carbocycles. The second-order valence-electron chi connectivity index (χ2n) is 4.02. The number of rotatable bonds is 2. The molecule has 2 heterocycles. The van der Waals surface area contributed by atoms with Gasteiger partial charge in [-0.05, 0) is 62.0 Å². The minimum Gasteiger partial charge on any atom is -0.337 e. The summed E-state index contributed by atoms with van der Waals surface area (Å²) < 4.78 is 2.16. The van der Waals surface area contributed by atoms with Crippen LogP contribution in [0.15, 0.2) is 32.5 Å². The van der Waals surface area contributed by atoms with Gasteiger partial charge in [-0.3, -0.25) is 0 Å². The number of nitrogens with zero attached hydrogens (tertiary/aromatic N) is 1. The van der Waals surface area contributed by atoms with Gasteiger partial charge in [0.25, 0.3) is 0 Å². The Balaban J connectivity index is 2.12. The Labute approximate surface area is 126 Å². The van der Waals surface area contributed by atoms with E-state index < -0.39 is 0 Å². The third kappa shape index (κ3) is 2.15. The number of aromatic amines is 1. The first-order chi connectivity index (χ1) is 8.67. The number of imidazole rings is 1. The Bertz CT molecular complexity index is 695. The summed E-state index contributed by atoms with van der Waals surface area (Å²) in [5, 5.41) is 0. The van der Waals surface area contributed by atoms with E-state index in [2.05, 4.69) is 73.0 Å². The average Bonchev–Trinajstić information content (AvgIpc) is 2.92. The van der Waals surface area contributed by atoms with Crippen LogP contribution in [-0.2, 0) is 6.42 Å². The molecule has 18 heavy (non-hydrogen) atoms. The number of hydrogen-bond donors (Lipinski definition) is 1. The monoisotopic (exact) mass is 384 g/mol. The van der Waals surface area contributed by atoms with E-state index >= 15 is 0 Å². The molecule has 0 amide bonds. The average molecular weight is 386 g/mol. The van der Waals surface area contributed by atoms with Gasteiger partial charge in [0.05, 0.1) is 19.7 Å². The highest BCUT2D eigenvalue weighted by Crippen LogP contribution is 2.37. The molecule has 1 N–H and O–H groups in total. The van der Waals surface area contributed by atoms with Crippen LogP contribution in [0.3, 0.4) is 0 Å². The third-order valence-corrected chi connectivity index (χ3v) is 6.10. The number of aromatic nitrogens is 2. The highest BCUT2D eigenvalue weighted by atomic mass is 79.9. The molecular weight excluding hydrogens is 376 g/mol. The predicted octanol–water partition coefficient (Wildman–Crippen LogP) is 5.38. The van der Waals surface area contributed by atoms with E-state index in [1.807, 2.05) is 0 Å². The normalized spacial score (nSPS) is 11.3. The van der Waals surface area contributed by atoms with Gasteiger partial charge in [0.1, 0.15) is 5.82 Å². The molecule has 1 aromatic carbocycles. The van der Waals surface area contributed by atoms with Crippen molar-refractivity contribution in [3.63, 3.8) is 0 Å². The molecule has 3 rings (SSSR count). The molecule has 0 atom stereocenters. The van der Waals surface area contributed by atoms with Crippen molar-refractivity contribution in [1.82, 2.24) is 9.97 Å². The lowest BCUT2D eigenvalue weighted by Gasteiger charge is -1.93. The molecule has 3 aromatic rings. The fourth-order valence-electron chi connectivity index (χ4n) is 1.86. The standard InChI is InChI=1S/C13H10Br2N2S/c1-2-7-3-4-9-10(5-7)17-13(16-9)11-6-8(14)12(15)18-11/h3-6H,2H2,1H3,(H,16,17). The first-order valence-corrected chi connectivity index (χ1v) is 8.01. The van der Waals surface area contributed by atoms with Crippen molar-refractivity contribution >= 4 is 54.2 Å². The van der Waals surface area contributed by atoms with Crippen LogP contribution in [0.25, 0.3) is 21.7 Å². The Morgan fingerprint density at radius 2 is 2.11 bits per heavy atom. The fourth-order valence-corrected chi connectivity index (χ4v) is 3.84. The van der Waals surface area contributed by atoms with Crippen LogP contribution >= 0.6 is 43.2 Å². The van der Waals surface area contributed by atoms with Crippen molar-refractivity contribution < 1.29 is 0 Å². The molecule has 5 heteroatoms. The lowest BCUT2D eigenvalue weighted by molar-refractivity contribution is 1.14. The summed E-state index contributed by atoms with van der Waals surface area (Å²) in [5.41, 5.74) is 3.44. The van der Waals surface area contributed by atoms with Gasteiger partial charge >= 0.3 is 0 Å². The van der Waals surface area contributed by atoms with E-state index in [1.54, 1.807) is 11.3 Å². The molecule has 2 aromatic heterocycles. The number of thiophene rings is 1. The van der Waals surface area contributed by atoms with Crippen LogP contribution < -0.4 is 0 Å². The van der Waals surface area contributed by atoms with Crippen molar-refractivity contribution in [1.29, 1.82) is 0 Å². The van der Waals surface area contributed by atoms with E-state index in [9.17, 15) is 0 Å². The molecule has 0 aliphatic heterocycles. The van der Waals surface area contributed by atoms with Gasteiger partial charge in [-0.1, -0.05) is 13.0 Å². The molecule has 0 saturated heterocycles. The van der Waals surface area contributed by atoms with Crippen LogP contribution in [0, 0.1) is 0 Å². The first kappa shape index (κ1) is 12.4. The van der Waals surface area contributed by atoms with Crippen LogP contribution in [-0.4, -0.2) is 9.97 Å². The van der Waals surface area contributed by atoms with Crippen molar-refractivity contribution in [3.05, 3.63) is 38.1 Å². The van der Waals surface area contributed by atoms with Crippen LogP contribution in [0.1, 0.15) is 12.5 Å². The minimum atomic E-state index is 0.926. The molecule has 0 fully saturated rings. The van der Waals surface area contributed by atoms with Gasteiger partial charge in [0.15, 0.2) is 0 Å². The molecular formula is C13H10Br2N2S. The Hall–Kier alpha value is -0.650. The summed E-state index contributed by atoms with van der Waals surface area (Å²) >= 11 is 8.68. The molecule has 0 aliphatic rings. The largest absolute Gasteiger partial charge is 0.337 e. The highest BCUT2D eigenvalue weighted by molar-refractivity contribution is 9.13. The SMILES string of the molecule is CCc1ccc2nc(-c3cc(Br)c(Br)s3)[nH]c2c1. The molecule has 92 valence electrons. The van der Waals surface area contributed by atoms with Gasteiger partial charge in [0.2, 0.25) is 0 Å². The van der Waals surface area contributed by atoms with E-state index in [0.29, 0.717) is 0 Å². The molecule has 0 aliphatic carbocycles. The predicted molar refractivity (Wildman–Crippen MR) is 84.2 cm³/mol. The zero-order valence-corrected chi connectivity index (χ0v) is 13.6. The Kier molecular flexibility index (Phi) is 3.30. The highest BCUT2D eigenvalue weighted by Gasteiger charge is 2.10. The quantitative estimate of drug-likeness (QED) is 0.630. The third-order valence-electron chi connectivity index (χ3n) is 2.83. The number of halogens is 2. The maximum atomic E-state index is 4.63. The smallest absolute Gasteiger partial charge is 0.148 e. The van der Waals surface area contributed by atoms with Crippen molar-refractivity contribution in [2.45, 2.75) is 13.3 Å². The lowest BCUT2D eigenvalue weighted by atomic mass is 10.1. The van der Waals surface area contributed by atoms with E-state index in [4.69, 9.17) is 0 Å². The van der Waals surface area contributed by atoms with Crippen LogP contribution in [0.2, 0.25) is 0 Å². The van der Waals surface area contributed by atoms with Gasteiger partial charge in [-0.25, -0.2) is 4.98 Å². The maximum Gasteiger partial charge on any atom is 0.148 e. The molecule has 0 radical (unpaired) electrons.